The van der Waals surface area contributed by atoms with Crippen molar-refractivity contribution in [3.8, 4) is 28.2 Å². The fourth-order valence-electron chi connectivity index (χ4n) is 4.40. The van der Waals surface area contributed by atoms with Gasteiger partial charge in [-0.05, 0) is 48.9 Å². The molecule has 0 saturated heterocycles. The van der Waals surface area contributed by atoms with Crippen molar-refractivity contribution in [2.45, 2.75) is 6.92 Å². The molecule has 3 aromatic carbocycles. The van der Waals surface area contributed by atoms with Crippen molar-refractivity contribution < 1.29 is 0 Å². The van der Waals surface area contributed by atoms with Gasteiger partial charge in [-0.1, -0.05) is 30.3 Å². The Kier molecular flexibility index (Phi) is 4.15. The van der Waals surface area contributed by atoms with Crippen molar-refractivity contribution >= 4 is 21.8 Å². The highest BCUT2D eigenvalue weighted by atomic mass is 15.1. The number of para-hydroxylation sites is 1. The van der Waals surface area contributed by atoms with E-state index in [1.807, 2.05) is 25.6 Å². The van der Waals surface area contributed by atoms with E-state index in [0.29, 0.717) is 0 Å². The molecule has 0 aliphatic carbocycles. The van der Waals surface area contributed by atoms with E-state index in [-0.39, 0.29) is 0 Å². The molecular weight excluding hydrogens is 394 g/mol. The molecule has 3 heterocycles. The number of aromatic nitrogens is 5. The molecule has 0 amide bonds. The number of benzene rings is 3. The molecule has 6 aromatic rings. The molecule has 0 atom stereocenters. The number of aryl methyl sites for hydroxylation is 1. The van der Waals surface area contributed by atoms with Gasteiger partial charge in [-0.15, -0.1) is 0 Å². The van der Waals surface area contributed by atoms with Gasteiger partial charge in [0.25, 0.3) is 0 Å². The van der Waals surface area contributed by atoms with Gasteiger partial charge in [0.2, 0.25) is 0 Å². The van der Waals surface area contributed by atoms with Gasteiger partial charge < -0.3 is 9.13 Å². The Morgan fingerprint density at radius 2 is 1.41 bits per heavy atom. The zero-order chi connectivity index (χ0) is 21.7. The van der Waals surface area contributed by atoms with Crippen molar-refractivity contribution in [3.63, 3.8) is 0 Å². The van der Waals surface area contributed by atoms with Crippen molar-refractivity contribution in [1.29, 1.82) is 0 Å². The molecule has 0 unspecified atom stereocenters. The topological polar surface area (TPSA) is 48.5 Å². The highest BCUT2D eigenvalue weighted by Crippen LogP contribution is 2.35. The summed E-state index contributed by atoms with van der Waals surface area (Å²) in [7, 11) is 2.05. The fourth-order valence-corrected chi connectivity index (χ4v) is 4.40. The van der Waals surface area contributed by atoms with Crippen LogP contribution in [-0.2, 0) is 7.05 Å². The molecule has 154 valence electrons. The quantitative estimate of drug-likeness (QED) is 0.359. The molecule has 0 radical (unpaired) electrons. The van der Waals surface area contributed by atoms with E-state index in [1.165, 1.54) is 16.3 Å². The third-order valence-electron chi connectivity index (χ3n) is 6.17. The molecule has 0 aliphatic rings. The van der Waals surface area contributed by atoms with E-state index in [0.717, 1.165) is 39.4 Å². The molecule has 0 aliphatic heterocycles. The van der Waals surface area contributed by atoms with Gasteiger partial charge in [-0.3, -0.25) is 0 Å². The maximum Gasteiger partial charge on any atom is 0.139 e. The average Bonchev–Trinajstić information content (AvgIpc) is 3.36. The smallest absolute Gasteiger partial charge is 0.139 e. The number of rotatable bonds is 3. The Balaban J connectivity index is 1.56. The van der Waals surface area contributed by atoms with Crippen LogP contribution in [-0.4, -0.2) is 24.1 Å². The molecular formula is C27H21N5. The van der Waals surface area contributed by atoms with Crippen LogP contribution in [0.2, 0.25) is 0 Å². The molecule has 0 fully saturated rings. The Bertz CT molecular complexity index is 1570. The van der Waals surface area contributed by atoms with E-state index < -0.39 is 0 Å². The molecule has 5 heteroatoms. The van der Waals surface area contributed by atoms with Crippen LogP contribution in [0.25, 0.3) is 50.0 Å². The standard InChI is InChI=1S/C27H21N5/c1-18-14-30-27(31(18)2)19-7-10-22(11-8-19)32-25-6-4-3-5-23(25)24-12-9-20(13-26(24)32)21-15-28-17-29-16-21/h3-17H,1-2H3. The van der Waals surface area contributed by atoms with E-state index in [9.17, 15) is 0 Å². The summed E-state index contributed by atoms with van der Waals surface area (Å²) in [5, 5.41) is 2.46. The highest BCUT2D eigenvalue weighted by molar-refractivity contribution is 6.10. The monoisotopic (exact) mass is 415 g/mol. The lowest BCUT2D eigenvalue weighted by Gasteiger charge is -2.10. The number of hydrogen-bond acceptors (Lipinski definition) is 3. The van der Waals surface area contributed by atoms with Crippen LogP contribution in [0, 0.1) is 6.92 Å². The third kappa shape index (κ3) is 2.82. The fraction of sp³-hybridized carbons (Fsp3) is 0.0741. The van der Waals surface area contributed by atoms with Crippen LogP contribution in [0.5, 0.6) is 0 Å². The molecule has 0 saturated carbocycles. The van der Waals surface area contributed by atoms with Crippen molar-refractivity contribution in [2.75, 3.05) is 0 Å². The minimum atomic E-state index is 0.975. The number of fused-ring (bicyclic) bond motifs is 3. The maximum atomic E-state index is 4.57. The van der Waals surface area contributed by atoms with Gasteiger partial charge in [0.1, 0.15) is 12.2 Å². The normalized spacial score (nSPS) is 11.4. The first kappa shape index (κ1) is 18.5. The minimum absolute atomic E-state index is 0.975. The van der Waals surface area contributed by atoms with Crippen LogP contribution >= 0.6 is 0 Å². The summed E-state index contributed by atoms with van der Waals surface area (Å²) >= 11 is 0. The predicted octanol–water partition coefficient (Wildman–Crippen LogP) is 5.95. The number of hydrogen-bond donors (Lipinski definition) is 0. The Morgan fingerprint density at radius 3 is 2.16 bits per heavy atom. The molecule has 0 bridgehead atoms. The Hall–Kier alpha value is -4.25. The van der Waals surface area contributed by atoms with Gasteiger partial charge in [0.15, 0.2) is 0 Å². The minimum Gasteiger partial charge on any atom is -0.331 e. The van der Waals surface area contributed by atoms with E-state index in [2.05, 4.69) is 97.7 Å². The summed E-state index contributed by atoms with van der Waals surface area (Å²) in [6, 6.07) is 23.7. The SMILES string of the molecule is Cc1cnc(-c2ccc(-n3c4ccccc4c4ccc(-c5cncnc5)cc43)cc2)n1C. The summed E-state index contributed by atoms with van der Waals surface area (Å²) in [5.74, 6) is 0.975. The molecule has 5 nitrogen and oxygen atoms in total. The lowest BCUT2D eigenvalue weighted by molar-refractivity contribution is 0.884. The summed E-state index contributed by atoms with van der Waals surface area (Å²) in [5.41, 5.74) is 7.81. The van der Waals surface area contributed by atoms with E-state index >= 15 is 0 Å². The van der Waals surface area contributed by atoms with Gasteiger partial charge >= 0.3 is 0 Å². The van der Waals surface area contributed by atoms with Crippen LogP contribution in [0.4, 0.5) is 0 Å². The zero-order valence-corrected chi connectivity index (χ0v) is 17.9. The Morgan fingerprint density at radius 1 is 0.688 bits per heavy atom. The largest absolute Gasteiger partial charge is 0.331 e. The predicted molar refractivity (Wildman–Crippen MR) is 129 cm³/mol. The second-order valence-corrected chi connectivity index (χ2v) is 8.04. The van der Waals surface area contributed by atoms with Crippen molar-refractivity contribution in [1.82, 2.24) is 24.1 Å². The Labute approximate surface area is 185 Å². The average molecular weight is 416 g/mol. The second-order valence-electron chi connectivity index (χ2n) is 8.04. The number of nitrogens with zero attached hydrogens (tertiary/aromatic N) is 5. The summed E-state index contributed by atoms with van der Waals surface area (Å²) in [4.78, 5) is 12.9. The first-order valence-electron chi connectivity index (χ1n) is 10.6. The second kappa shape index (κ2) is 7.17. The van der Waals surface area contributed by atoms with Gasteiger partial charge in [0, 0.05) is 58.9 Å². The first-order valence-corrected chi connectivity index (χ1v) is 10.6. The van der Waals surface area contributed by atoms with Gasteiger partial charge in [-0.25, -0.2) is 15.0 Å². The summed E-state index contributed by atoms with van der Waals surface area (Å²) in [6.07, 6.45) is 7.17. The maximum absolute atomic E-state index is 4.57. The van der Waals surface area contributed by atoms with Crippen LogP contribution in [0.3, 0.4) is 0 Å². The summed E-state index contributed by atoms with van der Waals surface area (Å²) < 4.78 is 4.44. The lowest BCUT2D eigenvalue weighted by atomic mass is 10.1. The third-order valence-corrected chi connectivity index (χ3v) is 6.17. The van der Waals surface area contributed by atoms with Crippen molar-refractivity contribution in [3.05, 3.63) is 97.3 Å². The molecule has 3 aromatic heterocycles. The lowest BCUT2D eigenvalue weighted by Crippen LogP contribution is -1.97. The number of imidazole rings is 1. The summed E-state index contributed by atoms with van der Waals surface area (Å²) in [6.45, 7) is 2.07. The van der Waals surface area contributed by atoms with E-state index in [4.69, 9.17) is 0 Å². The van der Waals surface area contributed by atoms with Crippen molar-refractivity contribution in [2.24, 2.45) is 7.05 Å². The van der Waals surface area contributed by atoms with Crippen LogP contribution in [0.15, 0.2) is 91.6 Å². The highest BCUT2D eigenvalue weighted by Gasteiger charge is 2.14. The zero-order valence-electron chi connectivity index (χ0n) is 17.9. The molecule has 0 spiro atoms. The van der Waals surface area contributed by atoms with Crippen LogP contribution in [0.1, 0.15) is 5.69 Å². The van der Waals surface area contributed by atoms with Crippen LogP contribution < -0.4 is 0 Å². The van der Waals surface area contributed by atoms with Gasteiger partial charge in [0.05, 0.1) is 11.0 Å². The molecule has 6 rings (SSSR count). The molecule has 32 heavy (non-hydrogen) atoms. The van der Waals surface area contributed by atoms with E-state index in [1.54, 1.807) is 6.33 Å². The first-order chi connectivity index (χ1) is 15.7. The molecule has 0 N–H and O–H groups in total. The van der Waals surface area contributed by atoms with Gasteiger partial charge in [-0.2, -0.15) is 0 Å².